The molecule has 3 rings (SSSR count). The van der Waals surface area contributed by atoms with Crippen LogP contribution in [-0.4, -0.2) is 13.0 Å². The van der Waals surface area contributed by atoms with Crippen molar-refractivity contribution >= 4 is 22.4 Å². The molecule has 0 saturated carbocycles. The fourth-order valence-electron chi connectivity index (χ4n) is 2.56. The molecular formula is C19H17NO2. The molecule has 0 bridgehead atoms. The Morgan fingerprint density at radius 3 is 2.36 bits per heavy atom. The molecule has 110 valence electrons. The van der Waals surface area contributed by atoms with Crippen LogP contribution in [0.2, 0.25) is 0 Å². The lowest BCUT2D eigenvalue weighted by molar-refractivity contribution is -0.126. The normalized spacial score (nSPS) is 12.0. The minimum absolute atomic E-state index is 0.176. The average molecular weight is 291 g/mol. The lowest BCUT2D eigenvalue weighted by atomic mass is 10.1. The van der Waals surface area contributed by atoms with Crippen molar-refractivity contribution in [3.63, 3.8) is 0 Å². The molecule has 0 aliphatic heterocycles. The van der Waals surface area contributed by atoms with E-state index in [0.717, 1.165) is 22.0 Å². The fourth-order valence-corrected chi connectivity index (χ4v) is 2.56. The van der Waals surface area contributed by atoms with Gasteiger partial charge in [-0.3, -0.25) is 4.79 Å². The van der Waals surface area contributed by atoms with Crippen LogP contribution in [-0.2, 0) is 9.53 Å². The number of rotatable bonds is 4. The van der Waals surface area contributed by atoms with E-state index in [1.165, 1.54) is 0 Å². The van der Waals surface area contributed by atoms with Crippen molar-refractivity contribution in [2.45, 2.75) is 6.10 Å². The first-order valence-electron chi connectivity index (χ1n) is 7.16. The third-order valence-corrected chi connectivity index (χ3v) is 3.62. The largest absolute Gasteiger partial charge is 0.367 e. The van der Waals surface area contributed by atoms with E-state index in [4.69, 9.17) is 4.74 Å². The Balaban J connectivity index is 1.89. The Bertz CT molecular complexity index is 778. The first-order valence-corrected chi connectivity index (χ1v) is 7.16. The van der Waals surface area contributed by atoms with Gasteiger partial charge in [-0.15, -0.1) is 0 Å². The summed E-state index contributed by atoms with van der Waals surface area (Å²) in [5, 5.41) is 5.08. The summed E-state index contributed by atoms with van der Waals surface area (Å²) in [6.45, 7) is 0. The molecule has 1 N–H and O–H groups in total. The van der Waals surface area contributed by atoms with E-state index in [-0.39, 0.29) is 5.91 Å². The van der Waals surface area contributed by atoms with E-state index in [1.54, 1.807) is 7.11 Å². The molecule has 0 radical (unpaired) electrons. The highest BCUT2D eigenvalue weighted by molar-refractivity contribution is 6.03. The zero-order valence-electron chi connectivity index (χ0n) is 12.3. The highest BCUT2D eigenvalue weighted by atomic mass is 16.5. The quantitative estimate of drug-likeness (QED) is 0.783. The first-order chi connectivity index (χ1) is 10.8. The van der Waals surface area contributed by atoms with Gasteiger partial charge >= 0.3 is 0 Å². The molecule has 0 fully saturated rings. The lowest BCUT2D eigenvalue weighted by Crippen LogP contribution is -2.22. The second kappa shape index (κ2) is 6.41. The average Bonchev–Trinajstić information content (AvgIpc) is 2.57. The third kappa shape index (κ3) is 2.85. The Morgan fingerprint density at radius 1 is 0.909 bits per heavy atom. The van der Waals surface area contributed by atoms with Crippen molar-refractivity contribution < 1.29 is 9.53 Å². The third-order valence-electron chi connectivity index (χ3n) is 3.62. The van der Waals surface area contributed by atoms with Gasteiger partial charge in [-0.25, -0.2) is 0 Å². The molecule has 1 unspecified atom stereocenters. The molecule has 0 heterocycles. The zero-order valence-corrected chi connectivity index (χ0v) is 12.3. The van der Waals surface area contributed by atoms with Gasteiger partial charge in [0.1, 0.15) is 0 Å². The molecule has 3 heteroatoms. The minimum atomic E-state index is -0.625. The van der Waals surface area contributed by atoms with Gasteiger partial charge < -0.3 is 10.1 Å². The predicted octanol–water partition coefficient (Wildman–Crippen LogP) is 4.17. The number of carbonyl (C=O) groups excluding carboxylic acids is 1. The molecule has 0 aromatic heterocycles. The highest BCUT2D eigenvalue weighted by Gasteiger charge is 2.20. The van der Waals surface area contributed by atoms with Gasteiger partial charge in [-0.2, -0.15) is 0 Å². The van der Waals surface area contributed by atoms with Gasteiger partial charge in [-0.1, -0.05) is 66.7 Å². The molecule has 3 aromatic rings. The summed E-state index contributed by atoms with van der Waals surface area (Å²) >= 11 is 0. The Hall–Kier alpha value is -2.65. The number of amides is 1. The van der Waals surface area contributed by atoms with E-state index < -0.39 is 6.10 Å². The van der Waals surface area contributed by atoms with Crippen LogP contribution in [0.25, 0.3) is 10.8 Å². The van der Waals surface area contributed by atoms with Crippen molar-refractivity contribution in [3.8, 4) is 0 Å². The Labute approximate surface area is 129 Å². The second-order valence-corrected chi connectivity index (χ2v) is 5.04. The molecule has 1 atom stereocenters. The molecule has 0 spiro atoms. The number of methoxy groups -OCH3 is 1. The van der Waals surface area contributed by atoms with E-state index in [0.29, 0.717) is 0 Å². The lowest BCUT2D eigenvalue weighted by Gasteiger charge is -2.16. The van der Waals surface area contributed by atoms with Crippen LogP contribution in [0.5, 0.6) is 0 Å². The summed E-state index contributed by atoms with van der Waals surface area (Å²) in [5.41, 5.74) is 1.63. The van der Waals surface area contributed by atoms with Crippen molar-refractivity contribution in [1.82, 2.24) is 0 Å². The molecule has 1 amide bonds. The molecule has 3 nitrogen and oxygen atoms in total. The van der Waals surface area contributed by atoms with Crippen LogP contribution in [0.4, 0.5) is 5.69 Å². The molecule has 3 aromatic carbocycles. The van der Waals surface area contributed by atoms with E-state index >= 15 is 0 Å². The van der Waals surface area contributed by atoms with Gasteiger partial charge in [0.15, 0.2) is 6.10 Å². The Morgan fingerprint density at radius 2 is 1.59 bits per heavy atom. The van der Waals surface area contributed by atoms with E-state index in [2.05, 4.69) is 5.32 Å². The SMILES string of the molecule is COC(C(=O)Nc1cccc2ccccc12)c1ccccc1. The number of carbonyl (C=O) groups is 1. The topological polar surface area (TPSA) is 38.3 Å². The summed E-state index contributed by atoms with van der Waals surface area (Å²) in [6.07, 6.45) is -0.625. The molecule has 0 aliphatic carbocycles. The summed E-state index contributed by atoms with van der Waals surface area (Å²) < 4.78 is 5.37. The predicted molar refractivity (Wildman–Crippen MR) is 88.8 cm³/mol. The van der Waals surface area contributed by atoms with Crippen LogP contribution < -0.4 is 5.32 Å². The number of benzene rings is 3. The maximum Gasteiger partial charge on any atom is 0.258 e. The van der Waals surface area contributed by atoms with E-state index in [1.807, 2.05) is 72.8 Å². The molecule has 22 heavy (non-hydrogen) atoms. The summed E-state index contributed by atoms with van der Waals surface area (Å²) in [7, 11) is 1.54. The van der Waals surface area contributed by atoms with Crippen molar-refractivity contribution in [3.05, 3.63) is 78.4 Å². The van der Waals surface area contributed by atoms with Gasteiger partial charge in [0, 0.05) is 18.2 Å². The van der Waals surface area contributed by atoms with Crippen LogP contribution in [0.1, 0.15) is 11.7 Å². The van der Waals surface area contributed by atoms with Gasteiger partial charge in [-0.05, 0) is 17.0 Å². The number of anilines is 1. The maximum atomic E-state index is 12.6. The van der Waals surface area contributed by atoms with Gasteiger partial charge in [0.05, 0.1) is 0 Å². The smallest absolute Gasteiger partial charge is 0.258 e. The minimum Gasteiger partial charge on any atom is -0.367 e. The first kappa shape index (κ1) is 14.3. The van der Waals surface area contributed by atoms with E-state index in [9.17, 15) is 4.79 Å². The van der Waals surface area contributed by atoms with Crippen LogP contribution in [0, 0.1) is 0 Å². The standard InChI is InChI=1S/C19H17NO2/c1-22-18(15-9-3-2-4-10-15)19(21)20-17-13-7-11-14-8-5-6-12-16(14)17/h2-13,18H,1H3,(H,20,21). The number of hydrogen-bond acceptors (Lipinski definition) is 2. The molecular weight excluding hydrogens is 274 g/mol. The number of hydrogen-bond donors (Lipinski definition) is 1. The van der Waals surface area contributed by atoms with Gasteiger partial charge in [0.25, 0.3) is 5.91 Å². The number of nitrogens with one attached hydrogen (secondary N) is 1. The molecule has 0 aliphatic rings. The summed E-state index contributed by atoms with van der Waals surface area (Å²) in [5.74, 6) is -0.176. The summed E-state index contributed by atoms with van der Waals surface area (Å²) in [6, 6.07) is 23.3. The maximum absolute atomic E-state index is 12.6. The fraction of sp³-hybridized carbons (Fsp3) is 0.105. The molecule has 0 saturated heterocycles. The second-order valence-electron chi connectivity index (χ2n) is 5.04. The number of fused-ring (bicyclic) bond motifs is 1. The van der Waals surface area contributed by atoms with Crippen molar-refractivity contribution in [2.75, 3.05) is 12.4 Å². The van der Waals surface area contributed by atoms with Gasteiger partial charge in [0.2, 0.25) is 0 Å². The monoisotopic (exact) mass is 291 g/mol. The summed E-state index contributed by atoms with van der Waals surface area (Å²) in [4.78, 5) is 12.6. The van der Waals surface area contributed by atoms with Crippen molar-refractivity contribution in [1.29, 1.82) is 0 Å². The van der Waals surface area contributed by atoms with Crippen LogP contribution in [0.3, 0.4) is 0 Å². The highest BCUT2D eigenvalue weighted by Crippen LogP contribution is 2.25. The zero-order chi connectivity index (χ0) is 15.4. The van der Waals surface area contributed by atoms with Crippen LogP contribution >= 0.6 is 0 Å². The van der Waals surface area contributed by atoms with Crippen LogP contribution in [0.15, 0.2) is 72.8 Å². The number of ether oxygens (including phenoxy) is 1. The Kier molecular flexibility index (Phi) is 4.17. The van der Waals surface area contributed by atoms with Crippen molar-refractivity contribution in [2.24, 2.45) is 0 Å².